The van der Waals surface area contributed by atoms with Gasteiger partial charge in [-0.1, -0.05) is 25.4 Å². The van der Waals surface area contributed by atoms with Crippen molar-refractivity contribution in [1.82, 2.24) is 5.32 Å². The van der Waals surface area contributed by atoms with Crippen LogP contribution in [0.3, 0.4) is 0 Å². The predicted octanol–water partition coefficient (Wildman–Crippen LogP) is 2.49. The van der Waals surface area contributed by atoms with Crippen molar-refractivity contribution >= 4 is 23.5 Å². The van der Waals surface area contributed by atoms with Crippen LogP contribution in [0, 0.1) is 11.7 Å². The van der Waals surface area contributed by atoms with Gasteiger partial charge in [-0.2, -0.15) is 0 Å². The van der Waals surface area contributed by atoms with E-state index in [1.54, 1.807) is 0 Å². The van der Waals surface area contributed by atoms with Gasteiger partial charge in [0.05, 0.1) is 0 Å². The lowest BCUT2D eigenvalue weighted by Crippen LogP contribution is -2.29. The van der Waals surface area contributed by atoms with Gasteiger partial charge in [-0.3, -0.25) is 9.59 Å². The van der Waals surface area contributed by atoms with Crippen molar-refractivity contribution in [2.24, 2.45) is 5.92 Å². The summed E-state index contributed by atoms with van der Waals surface area (Å²) in [5.74, 6) is -2.16. The lowest BCUT2D eigenvalue weighted by Gasteiger charge is -2.11. The second kappa shape index (κ2) is 6.52. The van der Waals surface area contributed by atoms with Gasteiger partial charge in [0.15, 0.2) is 0 Å². The van der Waals surface area contributed by atoms with E-state index in [9.17, 15) is 14.0 Å². The molecule has 0 fully saturated rings. The number of carboxylic acid groups (broad SMARTS) is 1. The Labute approximate surface area is 115 Å². The molecule has 2 N–H and O–H groups in total. The van der Waals surface area contributed by atoms with Gasteiger partial charge in [0.2, 0.25) is 0 Å². The smallest absolute Gasteiger partial charge is 0.322 e. The maximum atomic E-state index is 13.8. The molecule has 0 aliphatic carbocycles. The summed E-state index contributed by atoms with van der Waals surface area (Å²) in [7, 11) is 0. The van der Waals surface area contributed by atoms with Gasteiger partial charge in [0.1, 0.15) is 12.4 Å². The van der Waals surface area contributed by atoms with Crippen molar-refractivity contribution in [3.63, 3.8) is 0 Å². The van der Waals surface area contributed by atoms with Crippen LogP contribution < -0.4 is 5.32 Å². The SMILES string of the molecule is CC(C)Cc1c(F)cc(C(=O)NCC(=O)O)cc1Cl. The van der Waals surface area contributed by atoms with E-state index in [0.29, 0.717) is 12.0 Å². The lowest BCUT2D eigenvalue weighted by atomic mass is 10.0. The van der Waals surface area contributed by atoms with E-state index in [2.05, 4.69) is 5.32 Å². The fourth-order valence-corrected chi connectivity index (χ4v) is 1.88. The second-order valence-corrected chi connectivity index (χ2v) is 5.00. The molecule has 0 radical (unpaired) electrons. The molecule has 0 unspecified atom stereocenters. The van der Waals surface area contributed by atoms with Gasteiger partial charge in [0.25, 0.3) is 5.91 Å². The van der Waals surface area contributed by atoms with E-state index >= 15 is 0 Å². The first-order valence-electron chi connectivity index (χ1n) is 5.79. The minimum atomic E-state index is -1.17. The molecule has 19 heavy (non-hydrogen) atoms. The van der Waals surface area contributed by atoms with Crippen LogP contribution in [0.5, 0.6) is 0 Å². The van der Waals surface area contributed by atoms with Crippen LogP contribution in [-0.4, -0.2) is 23.5 Å². The molecule has 0 aliphatic rings. The van der Waals surface area contributed by atoms with E-state index in [1.807, 2.05) is 13.8 Å². The Morgan fingerprint density at radius 3 is 2.53 bits per heavy atom. The first-order valence-corrected chi connectivity index (χ1v) is 6.17. The number of rotatable bonds is 5. The highest BCUT2D eigenvalue weighted by molar-refractivity contribution is 6.31. The predicted molar refractivity (Wildman–Crippen MR) is 69.9 cm³/mol. The number of hydrogen-bond acceptors (Lipinski definition) is 2. The molecule has 0 bridgehead atoms. The van der Waals surface area contributed by atoms with E-state index in [1.165, 1.54) is 6.07 Å². The van der Waals surface area contributed by atoms with Crippen molar-refractivity contribution < 1.29 is 19.1 Å². The van der Waals surface area contributed by atoms with Gasteiger partial charge >= 0.3 is 5.97 Å². The first kappa shape index (κ1) is 15.4. The zero-order chi connectivity index (χ0) is 14.6. The van der Waals surface area contributed by atoms with Gasteiger partial charge in [0, 0.05) is 16.1 Å². The third-order valence-electron chi connectivity index (χ3n) is 2.42. The standard InChI is InChI=1S/C13H15ClFNO3/c1-7(2)3-9-10(14)4-8(5-11(9)15)13(19)16-6-12(17)18/h4-5,7H,3,6H2,1-2H3,(H,16,19)(H,17,18). The topological polar surface area (TPSA) is 66.4 Å². The Morgan fingerprint density at radius 2 is 2.05 bits per heavy atom. The molecule has 0 aliphatic heterocycles. The Balaban J connectivity index is 2.94. The fraction of sp³-hybridized carbons (Fsp3) is 0.385. The molecule has 1 aromatic rings. The van der Waals surface area contributed by atoms with E-state index in [4.69, 9.17) is 16.7 Å². The molecule has 0 spiro atoms. The van der Waals surface area contributed by atoms with Crippen LogP contribution in [0.25, 0.3) is 0 Å². The van der Waals surface area contributed by atoms with Crippen molar-refractivity contribution in [1.29, 1.82) is 0 Å². The van der Waals surface area contributed by atoms with Gasteiger partial charge < -0.3 is 10.4 Å². The Morgan fingerprint density at radius 1 is 1.42 bits per heavy atom. The van der Waals surface area contributed by atoms with Crippen molar-refractivity contribution in [2.75, 3.05) is 6.54 Å². The second-order valence-electron chi connectivity index (χ2n) is 4.59. The molecule has 1 amide bonds. The highest BCUT2D eigenvalue weighted by Crippen LogP contribution is 2.24. The summed E-state index contributed by atoms with van der Waals surface area (Å²) in [5, 5.41) is 10.8. The molecule has 0 heterocycles. The minimum absolute atomic E-state index is 0.0104. The summed E-state index contributed by atoms with van der Waals surface area (Å²) >= 11 is 5.95. The molecule has 0 saturated heterocycles. The average Bonchev–Trinajstić information content (AvgIpc) is 2.30. The number of carbonyl (C=O) groups is 2. The van der Waals surface area contributed by atoms with Crippen LogP contribution in [0.1, 0.15) is 29.8 Å². The van der Waals surface area contributed by atoms with Gasteiger partial charge in [-0.05, 0) is 24.5 Å². The van der Waals surface area contributed by atoms with Crippen molar-refractivity contribution in [3.8, 4) is 0 Å². The third kappa shape index (κ3) is 4.52. The monoisotopic (exact) mass is 287 g/mol. The number of hydrogen-bond donors (Lipinski definition) is 2. The number of carbonyl (C=O) groups excluding carboxylic acids is 1. The molecule has 0 aromatic heterocycles. The maximum absolute atomic E-state index is 13.8. The van der Waals surface area contributed by atoms with Crippen molar-refractivity contribution in [3.05, 3.63) is 34.1 Å². The quantitative estimate of drug-likeness (QED) is 0.874. The fourth-order valence-electron chi connectivity index (χ4n) is 1.60. The highest BCUT2D eigenvalue weighted by atomic mass is 35.5. The Hall–Kier alpha value is -1.62. The summed E-state index contributed by atoms with van der Waals surface area (Å²) in [4.78, 5) is 21.9. The molecule has 0 atom stereocenters. The van der Waals surface area contributed by atoms with Crippen LogP contribution >= 0.6 is 11.6 Å². The van der Waals surface area contributed by atoms with Crippen LogP contribution in [0.15, 0.2) is 12.1 Å². The molecular formula is C13H15ClFNO3. The number of carboxylic acids is 1. The maximum Gasteiger partial charge on any atom is 0.322 e. The van der Waals surface area contributed by atoms with Crippen LogP contribution in [-0.2, 0) is 11.2 Å². The van der Waals surface area contributed by atoms with Crippen molar-refractivity contribution in [2.45, 2.75) is 20.3 Å². The number of aliphatic carboxylic acids is 1. The van der Waals surface area contributed by atoms with Gasteiger partial charge in [-0.15, -0.1) is 0 Å². The van der Waals surface area contributed by atoms with Crippen LogP contribution in [0.2, 0.25) is 5.02 Å². The third-order valence-corrected chi connectivity index (χ3v) is 2.75. The highest BCUT2D eigenvalue weighted by Gasteiger charge is 2.15. The van der Waals surface area contributed by atoms with Gasteiger partial charge in [-0.25, -0.2) is 4.39 Å². The van der Waals surface area contributed by atoms with E-state index in [0.717, 1.165) is 6.07 Å². The molecule has 6 heteroatoms. The molecule has 4 nitrogen and oxygen atoms in total. The minimum Gasteiger partial charge on any atom is -0.480 e. The number of amides is 1. The largest absolute Gasteiger partial charge is 0.480 e. The molecule has 0 saturated carbocycles. The molecule has 1 aromatic carbocycles. The Kier molecular flexibility index (Phi) is 5.30. The van der Waals surface area contributed by atoms with E-state index < -0.39 is 24.2 Å². The summed E-state index contributed by atoms with van der Waals surface area (Å²) in [6, 6.07) is 2.42. The lowest BCUT2D eigenvalue weighted by molar-refractivity contribution is -0.135. The number of halogens is 2. The summed E-state index contributed by atoms with van der Waals surface area (Å²) < 4.78 is 13.8. The zero-order valence-corrected chi connectivity index (χ0v) is 11.4. The number of benzene rings is 1. The zero-order valence-electron chi connectivity index (χ0n) is 10.7. The molecular weight excluding hydrogens is 273 g/mol. The Bertz CT molecular complexity index is 480. The summed E-state index contributed by atoms with van der Waals surface area (Å²) in [5.41, 5.74) is 0.378. The number of nitrogens with one attached hydrogen (secondary N) is 1. The summed E-state index contributed by atoms with van der Waals surface area (Å²) in [6.45, 7) is 3.35. The first-order chi connectivity index (χ1) is 8.81. The van der Waals surface area contributed by atoms with Crippen LogP contribution in [0.4, 0.5) is 4.39 Å². The molecule has 1 rings (SSSR count). The summed E-state index contributed by atoms with van der Waals surface area (Å²) in [6.07, 6.45) is 0.474. The van der Waals surface area contributed by atoms with E-state index in [-0.39, 0.29) is 16.5 Å². The molecule has 104 valence electrons. The normalized spacial score (nSPS) is 10.6. The average molecular weight is 288 g/mol.